The van der Waals surface area contributed by atoms with Crippen molar-refractivity contribution in [2.24, 2.45) is 5.41 Å². The van der Waals surface area contributed by atoms with Gasteiger partial charge in [0, 0.05) is 22.1 Å². The highest BCUT2D eigenvalue weighted by atomic mass is 31.2. The lowest BCUT2D eigenvalue weighted by Crippen LogP contribution is -2.40. The van der Waals surface area contributed by atoms with E-state index in [1.54, 1.807) is 68.4 Å². The SMILES string of the molecule is CC(C)(C)Oc1ccc(OC(C)(C)C(=O)c2cccc(C(=O)C(C)(C)C)c2)c(P2(=O)Oc3ccccc3-c3ccccc32)c1. The Morgan fingerprint density at radius 2 is 1.25 bits per heavy atom. The lowest BCUT2D eigenvalue weighted by atomic mass is 9.85. The van der Waals surface area contributed by atoms with Gasteiger partial charge in [-0.1, -0.05) is 75.4 Å². The van der Waals surface area contributed by atoms with Gasteiger partial charge in [0.15, 0.2) is 11.4 Å². The zero-order valence-corrected chi connectivity index (χ0v) is 27.5. The molecular weight excluding hydrogens is 571 g/mol. The zero-order valence-electron chi connectivity index (χ0n) is 26.6. The molecule has 4 aromatic carbocycles. The van der Waals surface area contributed by atoms with Crippen LogP contribution in [0.3, 0.4) is 0 Å². The fraction of sp³-hybridized carbons (Fsp3) is 0.297. The lowest BCUT2D eigenvalue weighted by Gasteiger charge is -2.32. The van der Waals surface area contributed by atoms with E-state index in [0.29, 0.717) is 33.2 Å². The van der Waals surface area contributed by atoms with Crippen LogP contribution in [0.5, 0.6) is 17.2 Å². The van der Waals surface area contributed by atoms with E-state index in [1.807, 2.05) is 77.9 Å². The molecule has 0 saturated heterocycles. The average molecular weight is 611 g/mol. The molecule has 1 heterocycles. The molecule has 1 aliphatic heterocycles. The summed E-state index contributed by atoms with van der Waals surface area (Å²) in [7, 11) is -3.81. The minimum atomic E-state index is -3.81. The number of benzene rings is 4. The van der Waals surface area contributed by atoms with Gasteiger partial charge in [-0.2, -0.15) is 0 Å². The first-order valence-electron chi connectivity index (χ1n) is 14.7. The Morgan fingerprint density at radius 3 is 1.91 bits per heavy atom. The molecule has 1 unspecified atom stereocenters. The molecule has 0 bridgehead atoms. The third-order valence-corrected chi connectivity index (χ3v) is 9.74. The summed E-state index contributed by atoms with van der Waals surface area (Å²) < 4.78 is 34.3. The lowest BCUT2D eigenvalue weighted by molar-refractivity contribution is 0.0587. The highest BCUT2D eigenvalue weighted by Crippen LogP contribution is 2.55. The van der Waals surface area contributed by atoms with Crippen LogP contribution in [0.2, 0.25) is 0 Å². The fourth-order valence-electron chi connectivity index (χ4n) is 5.23. The molecule has 0 saturated carbocycles. The standard InChI is InChI=1S/C37H39O6P/c1-35(2,3)33(38)24-14-13-15-25(22-24)34(39)37(7,8)42-30-21-20-26(41-36(4,5)6)23-32(30)44(40)31-19-12-10-17-28(31)27-16-9-11-18-29(27)43-44/h9-23H,1-8H3. The minimum Gasteiger partial charge on any atom is -0.488 e. The second-order valence-electron chi connectivity index (χ2n) is 13.6. The van der Waals surface area contributed by atoms with Crippen LogP contribution in [0.1, 0.15) is 76.1 Å². The summed E-state index contributed by atoms with van der Waals surface area (Å²) in [6, 6.07) is 26.8. The maximum atomic E-state index is 15.2. The maximum Gasteiger partial charge on any atom is 0.311 e. The number of para-hydroxylation sites is 1. The van der Waals surface area contributed by atoms with Gasteiger partial charge in [-0.05, 0) is 76.6 Å². The Bertz CT molecular complexity index is 1810. The Hall–Kier alpha value is -4.15. The predicted octanol–water partition coefficient (Wildman–Crippen LogP) is 8.42. The summed E-state index contributed by atoms with van der Waals surface area (Å²) in [6.45, 7) is 14.7. The quantitative estimate of drug-likeness (QED) is 0.154. The van der Waals surface area contributed by atoms with Gasteiger partial charge < -0.3 is 14.0 Å². The number of carbonyl (C=O) groups is 2. The number of fused-ring (bicyclic) bond motifs is 3. The van der Waals surface area contributed by atoms with E-state index in [-0.39, 0.29) is 17.3 Å². The van der Waals surface area contributed by atoms with Crippen molar-refractivity contribution >= 4 is 29.5 Å². The molecule has 7 heteroatoms. The molecule has 1 atom stereocenters. The molecule has 228 valence electrons. The van der Waals surface area contributed by atoms with E-state index in [0.717, 1.165) is 11.1 Å². The molecule has 4 aromatic rings. The molecule has 0 spiro atoms. The van der Waals surface area contributed by atoms with E-state index < -0.39 is 24.0 Å². The summed E-state index contributed by atoms with van der Waals surface area (Å²) in [6.07, 6.45) is 0. The third kappa shape index (κ3) is 6.09. The van der Waals surface area contributed by atoms with Crippen molar-refractivity contribution in [3.05, 3.63) is 102 Å². The van der Waals surface area contributed by atoms with Gasteiger partial charge >= 0.3 is 7.37 Å². The Balaban J connectivity index is 1.61. The van der Waals surface area contributed by atoms with Crippen LogP contribution in [0.15, 0.2) is 91.0 Å². The van der Waals surface area contributed by atoms with Crippen LogP contribution in [0.25, 0.3) is 11.1 Å². The number of hydrogen-bond acceptors (Lipinski definition) is 6. The topological polar surface area (TPSA) is 78.9 Å². The van der Waals surface area contributed by atoms with Crippen molar-refractivity contribution < 1.29 is 28.2 Å². The summed E-state index contributed by atoms with van der Waals surface area (Å²) in [4.78, 5) is 26.9. The molecule has 0 radical (unpaired) electrons. The summed E-state index contributed by atoms with van der Waals surface area (Å²) in [5, 5.41) is 0.827. The highest BCUT2D eigenvalue weighted by Gasteiger charge is 2.42. The van der Waals surface area contributed by atoms with Crippen molar-refractivity contribution in [1.82, 2.24) is 0 Å². The molecule has 0 aliphatic carbocycles. The van der Waals surface area contributed by atoms with Gasteiger partial charge in [-0.3, -0.25) is 14.2 Å². The summed E-state index contributed by atoms with van der Waals surface area (Å²) in [5.74, 6) is 0.847. The zero-order chi connectivity index (χ0) is 32.1. The molecule has 0 amide bonds. The number of hydrogen-bond donors (Lipinski definition) is 0. The second kappa shape index (κ2) is 11.1. The molecule has 5 rings (SSSR count). The molecule has 44 heavy (non-hydrogen) atoms. The Kier molecular flexibility index (Phi) is 7.88. The minimum absolute atomic E-state index is 0.0610. The average Bonchev–Trinajstić information content (AvgIpc) is 2.96. The second-order valence-corrected chi connectivity index (χ2v) is 15.9. The highest BCUT2D eigenvalue weighted by molar-refractivity contribution is 7.75. The summed E-state index contributed by atoms with van der Waals surface area (Å²) in [5.41, 5.74) is -0.0485. The number of rotatable bonds is 7. The van der Waals surface area contributed by atoms with Crippen LogP contribution in [-0.2, 0) is 4.57 Å². The van der Waals surface area contributed by atoms with Crippen LogP contribution < -0.4 is 24.6 Å². The van der Waals surface area contributed by atoms with Crippen molar-refractivity contribution in [3.8, 4) is 28.4 Å². The normalized spacial score (nSPS) is 16.3. The monoisotopic (exact) mass is 610 g/mol. The Labute approximate surface area is 259 Å². The van der Waals surface area contributed by atoms with Gasteiger partial charge in [0.1, 0.15) is 22.8 Å². The first-order valence-corrected chi connectivity index (χ1v) is 16.3. The first kappa shape index (κ1) is 31.3. The number of carbonyl (C=O) groups excluding carboxylic acids is 2. The van der Waals surface area contributed by atoms with Crippen LogP contribution >= 0.6 is 7.37 Å². The van der Waals surface area contributed by atoms with Crippen LogP contribution in [0, 0.1) is 5.41 Å². The molecule has 0 fully saturated rings. The smallest absolute Gasteiger partial charge is 0.311 e. The van der Waals surface area contributed by atoms with Gasteiger partial charge in [-0.15, -0.1) is 0 Å². The van der Waals surface area contributed by atoms with Gasteiger partial charge in [-0.25, -0.2) is 0 Å². The van der Waals surface area contributed by atoms with Crippen molar-refractivity contribution in [2.45, 2.75) is 66.6 Å². The maximum absolute atomic E-state index is 15.2. The van der Waals surface area contributed by atoms with E-state index >= 15 is 4.57 Å². The van der Waals surface area contributed by atoms with Crippen LogP contribution in [0.4, 0.5) is 0 Å². The van der Waals surface area contributed by atoms with E-state index in [2.05, 4.69) is 0 Å². The number of Topliss-reactive ketones (excluding diaryl/α,β-unsaturated/α-hetero) is 2. The van der Waals surface area contributed by atoms with Crippen molar-refractivity contribution in [2.75, 3.05) is 0 Å². The number of ketones is 2. The van der Waals surface area contributed by atoms with Gasteiger partial charge in [0.25, 0.3) is 0 Å². The first-order chi connectivity index (χ1) is 20.5. The van der Waals surface area contributed by atoms with E-state index in [4.69, 9.17) is 14.0 Å². The fourth-order valence-corrected chi connectivity index (χ4v) is 7.62. The largest absolute Gasteiger partial charge is 0.488 e. The van der Waals surface area contributed by atoms with Crippen molar-refractivity contribution in [3.63, 3.8) is 0 Å². The van der Waals surface area contributed by atoms with Crippen LogP contribution in [-0.4, -0.2) is 22.8 Å². The molecule has 6 nitrogen and oxygen atoms in total. The van der Waals surface area contributed by atoms with E-state index in [9.17, 15) is 9.59 Å². The van der Waals surface area contributed by atoms with E-state index in [1.165, 1.54) is 0 Å². The third-order valence-electron chi connectivity index (χ3n) is 7.28. The molecule has 0 aromatic heterocycles. The molecule has 1 aliphatic rings. The van der Waals surface area contributed by atoms with Crippen molar-refractivity contribution in [1.29, 1.82) is 0 Å². The van der Waals surface area contributed by atoms with Gasteiger partial charge in [0.05, 0.1) is 10.6 Å². The molecular formula is C37H39O6P. The molecule has 0 N–H and O–H groups in total. The summed E-state index contributed by atoms with van der Waals surface area (Å²) >= 11 is 0. The number of ether oxygens (including phenoxy) is 2. The predicted molar refractivity (Wildman–Crippen MR) is 175 cm³/mol. The van der Waals surface area contributed by atoms with Gasteiger partial charge in [0.2, 0.25) is 5.78 Å². The Morgan fingerprint density at radius 1 is 0.636 bits per heavy atom.